The predicted molar refractivity (Wildman–Crippen MR) is 98.5 cm³/mol. The van der Waals surface area contributed by atoms with Gasteiger partial charge < -0.3 is 15.1 Å². The van der Waals surface area contributed by atoms with Gasteiger partial charge in [0.25, 0.3) is 5.91 Å². The molecule has 0 spiro atoms. The second kappa shape index (κ2) is 7.72. The Labute approximate surface area is 155 Å². The van der Waals surface area contributed by atoms with Crippen molar-refractivity contribution in [2.24, 2.45) is 0 Å². The number of nitrogens with one attached hydrogen (secondary N) is 1. The van der Waals surface area contributed by atoms with E-state index in [-0.39, 0.29) is 5.91 Å². The Kier molecular flexibility index (Phi) is 5.40. The Morgan fingerprint density at radius 2 is 1.88 bits per heavy atom. The number of amides is 2. The van der Waals surface area contributed by atoms with Gasteiger partial charge in [-0.3, -0.25) is 9.59 Å². The molecule has 1 fully saturated rings. The van der Waals surface area contributed by atoms with Gasteiger partial charge in [-0.05, 0) is 30.3 Å². The van der Waals surface area contributed by atoms with E-state index in [2.05, 4.69) is 15.2 Å². The molecule has 0 unspecified atom stereocenters. The zero-order chi connectivity index (χ0) is 17.8. The van der Waals surface area contributed by atoms with Crippen molar-refractivity contribution in [1.29, 1.82) is 0 Å². The Morgan fingerprint density at radius 3 is 2.48 bits per heavy atom. The number of hydrogen-bond acceptors (Lipinski definition) is 4. The summed E-state index contributed by atoms with van der Waals surface area (Å²) in [4.78, 5) is 31.1. The average Bonchev–Trinajstić information content (AvgIpc) is 2.64. The van der Waals surface area contributed by atoms with Crippen LogP contribution in [0, 0.1) is 0 Å². The molecule has 1 aliphatic rings. The highest BCUT2D eigenvalue weighted by molar-refractivity contribution is 6.36. The SMILES string of the molecule is O=CN1CCN(c2ccc(C(=O)Nc3ccc(Cl)cc3Cl)nc2)CC1. The van der Waals surface area contributed by atoms with Crippen molar-refractivity contribution in [1.82, 2.24) is 9.88 Å². The van der Waals surface area contributed by atoms with Crippen LogP contribution in [0.25, 0.3) is 0 Å². The maximum absolute atomic E-state index is 12.3. The summed E-state index contributed by atoms with van der Waals surface area (Å²) in [5, 5.41) is 3.58. The molecule has 2 heterocycles. The molecule has 1 saturated heterocycles. The second-order valence-electron chi connectivity index (χ2n) is 5.61. The first kappa shape index (κ1) is 17.5. The lowest BCUT2D eigenvalue weighted by atomic mass is 10.2. The zero-order valence-corrected chi connectivity index (χ0v) is 14.8. The normalized spacial score (nSPS) is 14.3. The average molecular weight is 379 g/mol. The highest BCUT2D eigenvalue weighted by atomic mass is 35.5. The lowest BCUT2D eigenvalue weighted by Crippen LogP contribution is -2.45. The molecule has 0 saturated carbocycles. The van der Waals surface area contributed by atoms with Crippen LogP contribution in [-0.2, 0) is 4.79 Å². The molecule has 8 heteroatoms. The summed E-state index contributed by atoms with van der Waals surface area (Å²) in [6.07, 6.45) is 2.53. The van der Waals surface area contributed by atoms with E-state index in [1.54, 1.807) is 35.4 Å². The maximum atomic E-state index is 12.3. The van der Waals surface area contributed by atoms with Crippen molar-refractivity contribution in [3.63, 3.8) is 0 Å². The molecular weight excluding hydrogens is 363 g/mol. The third-order valence-electron chi connectivity index (χ3n) is 3.99. The van der Waals surface area contributed by atoms with E-state index < -0.39 is 0 Å². The number of rotatable bonds is 4. The van der Waals surface area contributed by atoms with Gasteiger partial charge in [0.2, 0.25) is 6.41 Å². The van der Waals surface area contributed by atoms with Gasteiger partial charge in [-0.2, -0.15) is 0 Å². The van der Waals surface area contributed by atoms with Crippen molar-refractivity contribution in [2.75, 3.05) is 36.4 Å². The number of nitrogens with zero attached hydrogens (tertiary/aromatic N) is 3. The Hall–Kier alpha value is -2.31. The van der Waals surface area contributed by atoms with Gasteiger partial charge in [-0.15, -0.1) is 0 Å². The lowest BCUT2D eigenvalue weighted by Gasteiger charge is -2.33. The van der Waals surface area contributed by atoms with Gasteiger partial charge in [0, 0.05) is 31.2 Å². The van der Waals surface area contributed by atoms with E-state index in [9.17, 15) is 9.59 Å². The third-order valence-corrected chi connectivity index (χ3v) is 4.54. The van der Waals surface area contributed by atoms with Gasteiger partial charge in [-0.25, -0.2) is 4.98 Å². The number of benzene rings is 1. The number of carbonyl (C=O) groups excluding carboxylic acids is 2. The van der Waals surface area contributed by atoms with Crippen LogP contribution in [-0.4, -0.2) is 48.4 Å². The lowest BCUT2D eigenvalue weighted by molar-refractivity contribution is -0.118. The second-order valence-corrected chi connectivity index (χ2v) is 6.45. The molecule has 0 aliphatic carbocycles. The smallest absolute Gasteiger partial charge is 0.274 e. The van der Waals surface area contributed by atoms with Crippen LogP contribution < -0.4 is 10.2 Å². The van der Waals surface area contributed by atoms with E-state index in [0.29, 0.717) is 34.5 Å². The third kappa shape index (κ3) is 4.21. The number of anilines is 2. The van der Waals surface area contributed by atoms with Gasteiger partial charge in [0.15, 0.2) is 0 Å². The highest BCUT2D eigenvalue weighted by Gasteiger charge is 2.17. The first-order valence-corrected chi connectivity index (χ1v) is 8.49. The summed E-state index contributed by atoms with van der Waals surface area (Å²) in [5.41, 5.74) is 1.69. The summed E-state index contributed by atoms with van der Waals surface area (Å²) in [6, 6.07) is 8.37. The van der Waals surface area contributed by atoms with E-state index >= 15 is 0 Å². The van der Waals surface area contributed by atoms with Gasteiger partial charge >= 0.3 is 0 Å². The van der Waals surface area contributed by atoms with Crippen LogP contribution in [0.4, 0.5) is 11.4 Å². The van der Waals surface area contributed by atoms with Crippen LogP contribution >= 0.6 is 23.2 Å². The van der Waals surface area contributed by atoms with Crippen molar-refractivity contribution in [2.45, 2.75) is 0 Å². The molecule has 130 valence electrons. The fraction of sp³-hybridized carbons (Fsp3) is 0.235. The number of piperazine rings is 1. The van der Waals surface area contributed by atoms with Crippen molar-refractivity contribution >= 4 is 46.9 Å². The molecule has 1 N–H and O–H groups in total. The van der Waals surface area contributed by atoms with Crippen LogP contribution in [0.2, 0.25) is 10.0 Å². The van der Waals surface area contributed by atoms with E-state index in [1.165, 1.54) is 0 Å². The Morgan fingerprint density at radius 1 is 1.12 bits per heavy atom. The fourth-order valence-corrected chi connectivity index (χ4v) is 3.03. The molecule has 3 rings (SSSR count). The summed E-state index contributed by atoms with van der Waals surface area (Å²) >= 11 is 11.9. The molecule has 25 heavy (non-hydrogen) atoms. The molecule has 0 radical (unpaired) electrons. The minimum absolute atomic E-state index is 0.293. The van der Waals surface area contributed by atoms with E-state index in [4.69, 9.17) is 23.2 Å². The molecule has 0 bridgehead atoms. The molecule has 2 amide bonds. The number of pyridine rings is 1. The monoisotopic (exact) mass is 378 g/mol. The number of aromatic nitrogens is 1. The number of halogens is 2. The zero-order valence-electron chi connectivity index (χ0n) is 13.3. The van der Waals surface area contributed by atoms with Crippen molar-refractivity contribution in [3.8, 4) is 0 Å². The minimum Gasteiger partial charge on any atom is -0.367 e. The van der Waals surface area contributed by atoms with Crippen LogP contribution in [0.1, 0.15) is 10.5 Å². The quantitative estimate of drug-likeness (QED) is 0.830. The summed E-state index contributed by atoms with van der Waals surface area (Å²) in [5.74, 6) is -0.346. The first-order valence-electron chi connectivity index (χ1n) is 7.73. The first-order chi connectivity index (χ1) is 12.1. The standard InChI is InChI=1S/C17H16Cl2N4O2/c18-12-1-3-15(14(19)9-12)21-17(25)16-4-2-13(10-20-16)23-7-5-22(11-24)6-8-23/h1-4,9-11H,5-8H2,(H,21,25). The molecule has 2 aromatic rings. The summed E-state index contributed by atoms with van der Waals surface area (Å²) < 4.78 is 0. The molecule has 0 atom stereocenters. The predicted octanol–water partition coefficient (Wildman–Crippen LogP) is 2.92. The molecule has 1 aromatic heterocycles. The van der Waals surface area contributed by atoms with Gasteiger partial charge in [0.1, 0.15) is 5.69 Å². The largest absolute Gasteiger partial charge is 0.367 e. The van der Waals surface area contributed by atoms with Gasteiger partial charge in [0.05, 0.1) is 22.6 Å². The Balaban J connectivity index is 1.65. The van der Waals surface area contributed by atoms with Crippen LogP contribution in [0.15, 0.2) is 36.5 Å². The topological polar surface area (TPSA) is 65.5 Å². The highest BCUT2D eigenvalue weighted by Crippen LogP contribution is 2.25. The Bertz CT molecular complexity index is 775. The van der Waals surface area contributed by atoms with Crippen LogP contribution in [0.3, 0.4) is 0 Å². The number of carbonyl (C=O) groups is 2. The minimum atomic E-state index is -0.346. The van der Waals surface area contributed by atoms with Crippen LogP contribution in [0.5, 0.6) is 0 Å². The van der Waals surface area contributed by atoms with E-state index in [1.807, 2.05) is 6.07 Å². The molecular formula is C17H16Cl2N4O2. The van der Waals surface area contributed by atoms with Crippen molar-refractivity contribution in [3.05, 3.63) is 52.3 Å². The summed E-state index contributed by atoms with van der Waals surface area (Å²) in [7, 11) is 0. The molecule has 1 aliphatic heterocycles. The van der Waals surface area contributed by atoms with Crippen molar-refractivity contribution < 1.29 is 9.59 Å². The number of hydrogen-bond donors (Lipinski definition) is 1. The maximum Gasteiger partial charge on any atom is 0.274 e. The fourth-order valence-electron chi connectivity index (χ4n) is 2.57. The van der Waals surface area contributed by atoms with E-state index in [0.717, 1.165) is 25.2 Å². The summed E-state index contributed by atoms with van der Waals surface area (Å²) in [6.45, 7) is 2.85. The molecule has 1 aromatic carbocycles. The molecule has 6 nitrogen and oxygen atoms in total. The van der Waals surface area contributed by atoms with Gasteiger partial charge in [-0.1, -0.05) is 23.2 Å².